The van der Waals surface area contributed by atoms with Crippen LogP contribution >= 0.6 is 22.6 Å². The zero-order chi connectivity index (χ0) is 22.9. The molecule has 2 amide bonds. The standard InChI is InChI=1S/C20H19F3IN3O4/c1-10(25-19(29)31-2)20(30)8-27(9-20)18(28)12-4-5-13(21)16(23)17(12)26-15-6-3-11(24)7-14(15)22/h3-7,10,26,30H,8-9H2,1-2H3,(H,25,29). The maximum absolute atomic E-state index is 14.5. The number of likely N-dealkylation sites (tertiary alicyclic amines) is 1. The van der Waals surface area contributed by atoms with Crippen LogP contribution in [0.4, 0.5) is 29.3 Å². The number of nitrogens with zero attached hydrogens (tertiary/aromatic N) is 1. The number of aliphatic hydroxyl groups is 1. The first kappa shape index (κ1) is 23.1. The summed E-state index contributed by atoms with van der Waals surface area (Å²) in [5.74, 6) is -3.93. The third-order valence-corrected chi connectivity index (χ3v) is 5.73. The molecule has 31 heavy (non-hydrogen) atoms. The second-order valence-corrected chi connectivity index (χ2v) is 8.40. The molecular formula is C20H19F3IN3O4. The number of rotatable bonds is 5. The molecule has 3 N–H and O–H groups in total. The lowest BCUT2D eigenvalue weighted by Gasteiger charge is -2.49. The van der Waals surface area contributed by atoms with E-state index in [1.165, 1.54) is 24.1 Å². The van der Waals surface area contributed by atoms with Gasteiger partial charge in [-0.05, 0) is 59.8 Å². The highest BCUT2D eigenvalue weighted by Crippen LogP contribution is 2.32. The summed E-state index contributed by atoms with van der Waals surface area (Å²) in [5, 5.41) is 15.5. The van der Waals surface area contributed by atoms with Gasteiger partial charge in [-0.1, -0.05) is 0 Å². The summed E-state index contributed by atoms with van der Waals surface area (Å²) < 4.78 is 47.7. The Morgan fingerprint density at radius 1 is 1.19 bits per heavy atom. The number of benzene rings is 2. The average molecular weight is 549 g/mol. The maximum atomic E-state index is 14.5. The second-order valence-electron chi connectivity index (χ2n) is 7.16. The first-order chi connectivity index (χ1) is 14.6. The molecule has 166 valence electrons. The number of alkyl carbamates (subject to hydrolysis) is 1. The molecule has 0 saturated carbocycles. The highest BCUT2D eigenvalue weighted by molar-refractivity contribution is 14.1. The van der Waals surface area contributed by atoms with E-state index in [4.69, 9.17) is 0 Å². The fourth-order valence-corrected chi connectivity index (χ4v) is 3.60. The van der Waals surface area contributed by atoms with Gasteiger partial charge >= 0.3 is 6.09 Å². The van der Waals surface area contributed by atoms with Crippen LogP contribution in [0.2, 0.25) is 0 Å². The summed E-state index contributed by atoms with van der Waals surface area (Å²) >= 11 is 1.90. The van der Waals surface area contributed by atoms with E-state index in [1.807, 2.05) is 22.6 Å². The van der Waals surface area contributed by atoms with Gasteiger partial charge in [0.1, 0.15) is 11.4 Å². The molecule has 7 nitrogen and oxygen atoms in total. The second kappa shape index (κ2) is 8.91. The van der Waals surface area contributed by atoms with Crippen LogP contribution in [-0.4, -0.2) is 53.8 Å². The molecule has 0 aromatic heterocycles. The van der Waals surface area contributed by atoms with Crippen molar-refractivity contribution in [1.29, 1.82) is 0 Å². The summed E-state index contributed by atoms with van der Waals surface area (Å²) in [6.07, 6.45) is -0.739. The molecular weight excluding hydrogens is 530 g/mol. The topological polar surface area (TPSA) is 90.9 Å². The number of nitrogens with one attached hydrogen (secondary N) is 2. The van der Waals surface area contributed by atoms with Crippen LogP contribution in [0.1, 0.15) is 17.3 Å². The van der Waals surface area contributed by atoms with Crippen LogP contribution in [0.25, 0.3) is 0 Å². The highest BCUT2D eigenvalue weighted by Gasteiger charge is 2.48. The van der Waals surface area contributed by atoms with Gasteiger partial charge in [-0.3, -0.25) is 4.79 Å². The van der Waals surface area contributed by atoms with E-state index in [9.17, 15) is 27.9 Å². The SMILES string of the molecule is COC(=O)NC(C)C1(O)CN(C(=O)c2ccc(F)c(F)c2Nc2ccc(I)cc2F)C1. The predicted molar refractivity (Wildman–Crippen MR) is 115 cm³/mol. The number of hydrogen-bond acceptors (Lipinski definition) is 5. The van der Waals surface area contributed by atoms with Crippen molar-refractivity contribution in [2.45, 2.75) is 18.6 Å². The van der Waals surface area contributed by atoms with Crippen molar-refractivity contribution in [2.75, 3.05) is 25.5 Å². The summed E-state index contributed by atoms with van der Waals surface area (Å²) in [4.78, 5) is 25.5. The Labute approximate surface area is 189 Å². The third-order valence-electron chi connectivity index (χ3n) is 5.06. The van der Waals surface area contributed by atoms with Crippen LogP contribution in [-0.2, 0) is 4.74 Å². The molecule has 1 heterocycles. The van der Waals surface area contributed by atoms with Crippen molar-refractivity contribution >= 4 is 46.0 Å². The first-order valence-electron chi connectivity index (χ1n) is 9.12. The molecule has 3 rings (SSSR count). The molecule has 1 saturated heterocycles. The van der Waals surface area contributed by atoms with Crippen LogP contribution in [0, 0.1) is 21.0 Å². The molecule has 11 heteroatoms. The van der Waals surface area contributed by atoms with E-state index >= 15 is 0 Å². The summed E-state index contributed by atoms with van der Waals surface area (Å²) in [6, 6.07) is 5.26. The molecule has 1 atom stereocenters. The van der Waals surface area contributed by atoms with Gasteiger partial charge in [-0.25, -0.2) is 18.0 Å². The Kier molecular flexibility index (Phi) is 6.65. The number of hydrogen-bond donors (Lipinski definition) is 3. The first-order valence-corrected chi connectivity index (χ1v) is 10.2. The van der Waals surface area contributed by atoms with Gasteiger partial charge in [-0.15, -0.1) is 0 Å². The summed E-state index contributed by atoms with van der Waals surface area (Å²) in [5.41, 5.74) is -2.29. The van der Waals surface area contributed by atoms with Crippen molar-refractivity contribution in [2.24, 2.45) is 0 Å². The molecule has 2 aromatic carbocycles. The maximum Gasteiger partial charge on any atom is 0.407 e. The molecule has 0 radical (unpaired) electrons. The van der Waals surface area contributed by atoms with Crippen molar-refractivity contribution in [3.05, 3.63) is 56.9 Å². The van der Waals surface area contributed by atoms with Gasteiger partial charge in [0.15, 0.2) is 11.6 Å². The number of halogens is 4. The minimum absolute atomic E-state index is 0.130. The van der Waals surface area contributed by atoms with Crippen LogP contribution in [0.15, 0.2) is 30.3 Å². The number of carbonyl (C=O) groups is 2. The lowest BCUT2D eigenvalue weighted by Crippen LogP contribution is -2.71. The van der Waals surface area contributed by atoms with E-state index in [1.54, 1.807) is 13.0 Å². The van der Waals surface area contributed by atoms with Crippen molar-refractivity contribution in [3.8, 4) is 0 Å². The smallest absolute Gasteiger partial charge is 0.407 e. The van der Waals surface area contributed by atoms with E-state index in [0.717, 1.165) is 12.1 Å². The number of anilines is 2. The molecule has 1 fully saturated rings. The van der Waals surface area contributed by atoms with Gasteiger partial charge in [0.05, 0.1) is 43.2 Å². The monoisotopic (exact) mass is 549 g/mol. The zero-order valence-corrected chi connectivity index (χ0v) is 18.7. The highest BCUT2D eigenvalue weighted by atomic mass is 127. The number of carbonyl (C=O) groups excluding carboxylic acids is 2. The van der Waals surface area contributed by atoms with Gasteiger partial charge in [0.2, 0.25) is 0 Å². The Bertz CT molecular complexity index is 1030. The Morgan fingerprint density at radius 2 is 1.87 bits per heavy atom. The molecule has 0 spiro atoms. The largest absolute Gasteiger partial charge is 0.453 e. The van der Waals surface area contributed by atoms with Crippen LogP contribution in [0.3, 0.4) is 0 Å². The fraction of sp³-hybridized carbons (Fsp3) is 0.300. The summed E-state index contributed by atoms with van der Waals surface area (Å²) in [6.45, 7) is 1.23. The van der Waals surface area contributed by atoms with E-state index in [-0.39, 0.29) is 24.3 Å². The fourth-order valence-electron chi connectivity index (χ4n) is 3.15. The molecule has 1 aliphatic rings. The number of β-amino-alcohol motifs (C(OH)–C–C–N with tert-alkyl or cyclic N) is 1. The Balaban J connectivity index is 1.83. The Hall–Kier alpha value is -2.54. The Morgan fingerprint density at radius 3 is 2.48 bits per heavy atom. The minimum Gasteiger partial charge on any atom is -0.453 e. The van der Waals surface area contributed by atoms with Crippen LogP contribution in [0.5, 0.6) is 0 Å². The summed E-state index contributed by atoms with van der Waals surface area (Å²) in [7, 11) is 1.18. The van der Waals surface area contributed by atoms with Gasteiger partial charge < -0.3 is 25.4 Å². The molecule has 2 aromatic rings. The molecule has 1 aliphatic heterocycles. The quantitative estimate of drug-likeness (QED) is 0.498. The number of amides is 2. The molecule has 0 bridgehead atoms. The molecule has 1 unspecified atom stereocenters. The predicted octanol–water partition coefficient (Wildman–Crippen LogP) is 3.38. The zero-order valence-electron chi connectivity index (χ0n) is 16.5. The van der Waals surface area contributed by atoms with Crippen LogP contribution < -0.4 is 10.6 Å². The van der Waals surface area contributed by atoms with Gasteiger partial charge in [0.25, 0.3) is 5.91 Å². The van der Waals surface area contributed by atoms with Gasteiger partial charge in [-0.2, -0.15) is 0 Å². The van der Waals surface area contributed by atoms with E-state index in [2.05, 4.69) is 15.4 Å². The van der Waals surface area contributed by atoms with Crippen molar-refractivity contribution in [1.82, 2.24) is 10.2 Å². The third kappa shape index (κ3) is 4.71. The van der Waals surface area contributed by atoms with E-state index in [0.29, 0.717) is 3.57 Å². The number of methoxy groups -OCH3 is 1. The lowest BCUT2D eigenvalue weighted by molar-refractivity contribution is -0.0989. The van der Waals surface area contributed by atoms with E-state index < -0.39 is 46.8 Å². The van der Waals surface area contributed by atoms with Crippen molar-refractivity contribution < 1.29 is 32.6 Å². The minimum atomic E-state index is -1.42. The average Bonchev–Trinajstić information content (AvgIpc) is 2.70. The van der Waals surface area contributed by atoms with Gasteiger partial charge in [0, 0.05) is 3.57 Å². The lowest BCUT2D eigenvalue weighted by atomic mass is 9.86. The molecule has 0 aliphatic carbocycles. The number of ether oxygens (including phenoxy) is 1. The normalized spacial score (nSPS) is 15.6. The van der Waals surface area contributed by atoms with Crippen molar-refractivity contribution in [3.63, 3.8) is 0 Å².